The van der Waals surface area contributed by atoms with Gasteiger partial charge in [-0.1, -0.05) is 0 Å². The molecule has 0 bridgehead atoms. The first-order valence-electron chi connectivity index (χ1n) is 6.00. The Labute approximate surface area is 122 Å². The average molecular weight is 324 g/mol. The molecule has 0 aliphatic heterocycles. The lowest BCUT2D eigenvalue weighted by molar-refractivity contribution is -0.00820. The van der Waals surface area contributed by atoms with Crippen LogP contribution in [0.4, 0.5) is 0 Å². The SMILES string of the molecule is CCOC(C)(C)CNC(=O)c1n[nH]c(C)c1S(=O)(=O)Cl. The molecular formula is C11H18ClN3O4S. The number of rotatable bonds is 6. The van der Waals surface area contributed by atoms with Crippen LogP contribution in [0.2, 0.25) is 0 Å². The van der Waals surface area contributed by atoms with E-state index in [1.165, 1.54) is 6.92 Å². The second kappa shape index (κ2) is 6.11. The number of nitrogens with zero attached hydrogens (tertiary/aromatic N) is 1. The highest BCUT2D eigenvalue weighted by atomic mass is 35.7. The first-order chi connectivity index (χ1) is 9.08. The number of carbonyl (C=O) groups is 1. The largest absolute Gasteiger partial charge is 0.374 e. The second-order valence-corrected chi connectivity index (χ2v) is 7.34. The summed E-state index contributed by atoms with van der Waals surface area (Å²) >= 11 is 0. The molecule has 0 atom stereocenters. The molecule has 114 valence electrons. The third-order valence-corrected chi connectivity index (χ3v) is 4.01. The summed E-state index contributed by atoms with van der Waals surface area (Å²) in [5, 5.41) is 8.71. The zero-order chi connectivity index (χ0) is 15.6. The minimum atomic E-state index is -4.04. The lowest BCUT2D eigenvalue weighted by atomic mass is 10.1. The van der Waals surface area contributed by atoms with Crippen LogP contribution < -0.4 is 5.32 Å². The maximum atomic E-state index is 12.0. The third kappa shape index (κ3) is 4.19. The van der Waals surface area contributed by atoms with Crippen molar-refractivity contribution in [3.8, 4) is 0 Å². The highest BCUT2D eigenvalue weighted by Crippen LogP contribution is 2.21. The fourth-order valence-corrected chi connectivity index (χ4v) is 3.04. The summed E-state index contributed by atoms with van der Waals surface area (Å²) in [6, 6.07) is 0. The van der Waals surface area contributed by atoms with Crippen LogP contribution in [0.15, 0.2) is 4.90 Å². The number of nitrogens with one attached hydrogen (secondary N) is 2. The van der Waals surface area contributed by atoms with Crippen LogP contribution in [0.25, 0.3) is 0 Å². The summed E-state index contributed by atoms with van der Waals surface area (Å²) in [4.78, 5) is 11.7. The molecule has 0 spiro atoms. The van der Waals surface area contributed by atoms with Gasteiger partial charge in [-0.25, -0.2) is 8.42 Å². The van der Waals surface area contributed by atoms with Crippen molar-refractivity contribution >= 4 is 25.6 Å². The van der Waals surface area contributed by atoms with E-state index in [0.29, 0.717) is 6.61 Å². The molecule has 0 fully saturated rings. The molecule has 20 heavy (non-hydrogen) atoms. The van der Waals surface area contributed by atoms with Crippen molar-refractivity contribution in [3.63, 3.8) is 0 Å². The number of amides is 1. The minimum absolute atomic E-state index is 0.216. The predicted molar refractivity (Wildman–Crippen MR) is 74.4 cm³/mol. The number of carbonyl (C=O) groups excluding carboxylic acids is 1. The van der Waals surface area contributed by atoms with E-state index in [1.54, 1.807) is 0 Å². The molecule has 0 radical (unpaired) electrons. The van der Waals surface area contributed by atoms with Crippen LogP contribution >= 0.6 is 10.7 Å². The Bertz CT molecular complexity index is 595. The van der Waals surface area contributed by atoms with Gasteiger partial charge in [0.05, 0.1) is 11.3 Å². The molecule has 0 aliphatic carbocycles. The van der Waals surface area contributed by atoms with Gasteiger partial charge in [-0.05, 0) is 27.7 Å². The van der Waals surface area contributed by atoms with Gasteiger partial charge in [-0.15, -0.1) is 0 Å². The Hall–Kier alpha value is -1.12. The minimum Gasteiger partial charge on any atom is -0.374 e. The number of halogens is 1. The summed E-state index contributed by atoms with van der Waals surface area (Å²) in [6.07, 6.45) is 0. The van der Waals surface area contributed by atoms with Crippen LogP contribution in [0.1, 0.15) is 37.0 Å². The number of aromatic nitrogens is 2. The van der Waals surface area contributed by atoms with E-state index < -0.39 is 20.6 Å². The second-order valence-electron chi connectivity index (χ2n) is 4.84. The molecule has 7 nitrogen and oxygen atoms in total. The van der Waals surface area contributed by atoms with Gasteiger partial charge in [-0.2, -0.15) is 5.10 Å². The van der Waals surface area contributed by atoms with Gasteiger partial charge >= 0.3 is 0 Å². The molecule has 1 heterocycles. The summed E-state index contributed by atoms with van der Waals surface area (Å²) in [7, 11) is 1.26. The van der Waals surface area contributed by atoms with Crippen molar-refractivity contribution in [2.75, 3.05) is 13.2 Å². The van der Waals surface area contributed by atoms with Crippen LogP contribution in [-0.2, 0) is 13.8 Å². The molecule has 2 N–H and O–H groups in total. The number of ether oxygens (including phenoxy) is 1. The zero-order valence-corrected chi connectivity index (χ0v) is 13.4. The molecule has 9 heteroatoms. The number of aryl methyl sites for hydroxylation is 1. The van der Waals surface area contributed by atoms with Gasteiger partial charge in [0, 0.05) is 23.8 Å². The van der Waals surface area contributed by atoms with Gasteiger partial charge in [0.25, 0.3) is 15.0 Å². The van der Waals surface area contributed by atoms with E-state index in [0.717, 1.165) is 0 Å². The number of H-pyrrole nitrogens is 1. The third-order valence-electron chi connectivity index (χ3n) is 2.56. The van der Waals surface area contributed by atoms with Crippen molar-refractivity contribution in [2.24, 2.45) is 0 Å². The first kappa shape index (κ1) is 16.9. The number of hydrogen-bond donors (Lipinski definition) is 2. The molecule has 0 unspecified atom stereocenters. The highest BCUT2D eigenvalue weighted by Gasteiger charge is 2.28. The van der Waals surface area contributed by atoms with Crippen LogP contribution in [0, 0.1) is 6.92 Å². The summed E-state index contributed by atoms with van der Waals surface area (Å²) in [5.74, 6) is -0.624. The molecule has 0 saturated heterocycles. The van der Waals surface area contributed by atoms with Gasteiger partial charge in [-0.3, -0.25) is 9.89 Å². The number of aromatic amines is 1. The lowest BCUT2D eigenvalue weighted by Gasteiger charge is -2.24. The number of hydrogen-bond acceptors (Lipinski definition) is 5. The van der Waals surface area contributed by atoms with Crippen molar-refractivity contribution < 1.29 is 17.9 Å². The predicted octanol–water partition coefficient (Wildman–Crippen LogP) is 1.19. The molecule has 1 aromatic rings. The Morgan fingerprint density at radius 2 is 2.10 bits per heavy atom. The van der Waals surface area contributed by atoms with E-state index in [2.05, 4.69) is 15.5 Å². The zero-order valence-electron chi connectivity index (χ0n) is 11.8. The monoisotopic (exact) mass is 323 g/mol. The topological polar surface area (TPSA) is 101 Å². The van der Waals surface area contributed by atoms with Crippen molar-refractivity contribution in [3.05, 3.63) is 11.4 Å². The van der Waals surface area contributed by atoms with Gasteiger partial charge < -0.3 is 10.1 Å². The fraction of sp³-hybridized carbons (Fsp3) is 0.636. The molecule has 1 aromatic heterocycles. The van der Waals surface area contributed by atoms with E-state index in [-0.39, 0.29) is 22.8 Å². The summed E-state index contributed by atoms with van der Waals surface area (Å²) < 4.78 is 28.3. The van der Waals surface area contributed by atoms with Crippen LogP contribution in [0.3, 0.4) is 0 Å². The van der Waals surface area contributed by atoms with E-state index >= 15 is 0 Å². The van der Waals surface area contributed by atoms with Crippen LogP contribution in [-0.4, -0.2) is 43.3 Å². The smallest absolute Gasteiger partial charge is 0.273 e. The molecular weight excluding hydrogens is 306 g/mol. The van der Waals surface area contributed by atoms with Crippen LogP contribution in [0.5, 0.6) is 0 Å². The molecule has 0 aliphatic rings. The van der Waals surface area contributed by atoms with Gasteiger partial charge in [0.1, 0.15) is 4.90 Å². The normalized spacial score (nSPS) is 12.4. The van der Waals surface area contributed by atoms with Gasteiger partial charge in [0.15, 0.2) is 5.69 Å². The molecule has 1 rings (SSSR count). The maximum Gasteiger partial charge on any atom is 0.273 e. The van der Waals surface area contributed by atoms with Crippen molar-refractivity contribution in [1.82, 2.24) is 15.5 Å². The average Bonchev–Trinajstić information content (AvgIpc) is 2.68. The van der Waals surface area contributed by atoms with Crippen molar-refractivity contribution in [2.45, 2.75) is 38.2 Å². The first-order valence-corrected chi connectivity index (χ1v) is 8.31. The quantitative estimate of drug-likeness (QED) is 0.766. The Morgan fingerprint density at radius 3 is 2.60 bits per heavy atom. The van der Waals surface area contributed by atoms with E-state index in [1.807, 2.05) is 20.8 Å². The van der Waals surface area contributed by atoms with E-state index in [9.17, 15) is 13.2 Å². The standard InChI is InChI=1S/C11H18ClN3O4S/c1-5-19-11(3,4)6-13-10(16)8-9(20(12,17)18)7(2)14-15-8/h5-6H2,1-4H3,(H,13,16)(H,14,15). The lowest BCUT2D eigenvalue weighted by Crippen LogP contribution is -2.40. The van der Waals surface area contributed by atoms with Crippen molar-refractivity contribution in [1.29, 1.82) is 0 Å². The Balaban J connectivity index is 2.90. The Kier molecular flexibility index (Phi) is 5.17. The van der Waals surface area contributed by atoms with E-state index in [4.69, 9.17) is 15.4 Å². The molecule has 0 aromatic carbocycles. The molecule has 1 amide bonds. The molecule has 0 saturated carbocycles. The fourth-order valence-electron chi connectivity index (χ4n) is 1.69. The Morgan fingerprint density at radius 1 is 1.50 bits per heavy atom. The highest BCUT2D eigenvalue weighted by molar-refractivity contribution is 8.13. The van der Waals surface area contributed by atoms with Gasteiger partial charge in [0.2, 0.25) is 0 Å². The summed E-state index contributed by atoms with van der Waals surface area (Å²) in [6.45, 7) is 7.67. The summed E-state index contributed by atoms with van der Waals surface area (Å²) in [5.41, 5.74) is -0.588. The maximum absolute atomic E-state index is 12.0.